The molecule has 7 nitrogen and oxygen atoms in total. The van der Waals surface area contributed by atoms with Gasteiger partial charge in [0.2, 0.25) is 6.79 Å². The van der Waals surface area contributed by atoms with Gasteiger partial charge in [-0.25, -0.2) is 4.98 Å². The Balaban J connectivity index is 1.43. The number of nitrogens with one attached hydrogen (secondary N) is 1. The molecule has 1 aromatic carbocycles. The van der Waals surface area contributed by atoms with Crippen molar-refractivity contribution in [2.45, 2.75) is 6.42 Å². The van der Waals surface area contributed by atoms with Gasteiger partial charge in [-0.2, -0.15) is 0 Å². The van der Waals surface area contributed by atoms with Crippen molar-refractivity contribution < 1.29 is 19.0 Å². The standard InChI is InChI=1S/C15H17N3O4S/c16-4-3-14-18-11(8-23-14)15(19)17-5-6-20-10-1-2-12-13(7-10)22-9-21-12/h1-2,7-8H,3-6,9,16H2,(H,17,19). The van der Waals surface area contributed by atoms with Crippen molar-refractivity contribution >= 4 is 17.2 Å². The summed E-state index contributed by atoms with van der Waals surface area (Å²) in [6.07, 6.45) is 0.686. The minimum Gasteiger partial charge on any atom is -0.492 e. The number of carbonyl (C=O) groups is 1. The SMILES string of the molecule is NCCc1nc(C(=O)NCCOc2ccc3c(c2)OCO3)cs1. The number of aromatic nitrogens is 1. The van der Waals surface area contributed by atoms with Gasteiger partial charge in [-0.1, -0.05) is 0 Å². The van der Waals surface area contributed by atoms with E-state index in [1.165, 1.54) is 11.3 Å². The smallest absolute Gasteiger partial charge is 0.270 e. The fourth-order valence-corrected chi connectivity index (χ4v) is 2.84. The van der Waals surface area contributed by atoms with E-state index in [0.717, 1.165) is 5.01 Å². The number of rotatable bonds is 7. The molecule has 0 unspecified atom stereocenters. The maximum atomic E-state index is 11.9. The Kier molecular flexibility index (Phi) is 4.94. The van der Waals surface area contributed by atoms with Gasteiger partial charge in [0, 0.05) is 17.9 Å². The Morgan fingerprint density at radius 3 is 3.13 bits per heavy atom. The summed E-state index contributed by atoms with van der Waals surface area (Å²) in [6, 6.07) is 5.36. The molecule has 3 N–H and O–H groups in total. The molecule has 0 bridgehead atoms. The largest absolute Gasteiger partial charge is 0.492 e. The highest BCUT2D eigenvalue weighted by molar-refractivity contribution is 7.09. The van der Waals surface area contributed by atoms with E-state index >= 15 is 0 Å². The zero-order valence-electron chi connectivity index (χ0n) is 12.4. The van der Waals surface area contributed by atoms with E-state index in [1.54, 1.807) is 23.6 Å². The van der Waals surface area contributed by atoms with Gasteiger partial charge in [-0.05, 0) is 18.7 Å². The number of carbonyl (C=O) groups excluding carboxylic acids is 1. The van der Waals surface area contributed by atoms with Crippen molar-refractivity contribution in [3.63, 3.8) is 0 Å². The van der Waals surface area contributed by atoms with E-state index in [0.29, 0.717) is 49.1 Å². The van der Waals surface area contributed by atoms with E-state index in [9.17, 15) is 4.79 Å². The van der Waals surface area contributed by atoms with Crippen molar-refractivity contribution in [1.82, 2.24) is 10.3 Å². The highest BCUT2D eigenvalue weighted by Crippen LogP contribution is 2.34. The second kappa shape index (κ2) is 7.30. The highest BCUT2D eigenvalue weighted by atomic mass is 32.1. The van der Waals surface area contributed by atoms with Crippen LogP contribution in [-0.4, -0.2) is 37.4 Å². The van der Waals surface area contributed by atoms with Crippen LogP contribution in [0.2, 0.25) is 0 Å². The second-order valence-corrected chi connectivity index (χ2v) is 5.73. The van der Waals surface area contributed by atoms with Gasteiger partial charge in [-0.3, -0.25) is 4.79 Å². The molecule has 0 saturated heterocycles. The van der Waals surface area contributed by atoms with E-state index < -0.39 is 0 Å². The van der Waals surface area contributed by atoms with Crippen LogP contribution in [0.3, 0.4) is 0 Å². The van der Waals surface area contributed by atoms with E-state index in [2.05, 4.69) is 10.3 Å². The summed E-state index contributed by atoms with van der Waals surface area (Å²) in [5.74, 6) is 1.84. The van der Waals surface area contributed by atoms with Gasteiger partial charge >= 0.3 is 0 Å². The molecule has 0 spiro atoms. The Hall–Kier alpha value is -2.32. The number of fused-ring (bicyclic) bond motifs is 1. The van der Waals surface area contributed by atoms with Gasteiger partial charge in [-0.15, -0.1) is 11.3 Å². The Bertz CT molecular complexity index is 689. The minimum absolute atomic E-state index is 0.209. The maximum absolute atomic E-state index is 11.9. The van der Waals surface area contributed by atoms with Crippen LogP contribution in [0.5, 0.6) is 17.2 Å². The van der Waals surface area contributed by atoms with Crippen LogP contribution in [0.25, 0.3) is 0 Å². The Labute approximate surface area is 137 Å². The zero-order chi connectivity index (χ0) is 16.1. The van der Waals surface area contributed by atoms with Gasteiger partial charge in [0.1, 0.15) is 18.1 Å². The summed E-state index contributed by atoms with van der Waals surface area (Å²) in [4.78, 5) is 16.2. The number of nitrogens with zero attached hydrogens (tertiary/aromatic N) is 1. The lowest BCUT2D eigenvalue weighted by atomic mass is 10.3. The molecule has 3 rings (SSSR count). The van der Waals surface area contributed by atoms with Gasteiger partial charge < -0.3 is 25.3 Å². The zero-order valence-corrected chi connectivity index (χ0v) is 13.2. The number of amides is 1. The molecule has 1 aliphatic heterocycles. The first kappa shape index (κ1) is 15.6. The highest BCUT2D eigenvalue weighted by Gasteiger charge is 2.14. The Morgan fingerprint density at radius 1 is 1.39 bits per heavy atom. The molecule has 122 valence electrons. The van der Waals surface area contributed by atoms with E-state index in [-0.39, 0.29) is 12.7 Å². The first-order valence-corrected chi connectivity index (χ1v) is 8.09. The van der Waals surface area contributed by atoms with Crippen molar-refractivity contribution in [3.05, 3.63) is 34.3 Å². The number of hydrogen-bond donors (Lipinski definition) is 2. The van der Waals surface area contributed by atoms with Crippen LogP contribution in [0.4, 0.5) is 0 Å². The number of hydrogen-bond acceptors (Lipinski definition) is 7. The van der Waals surface area contributed by atoms with Gasteiger partial charge in [0.05, 0.1) is 11.6 Å². The molecule has 1 amide bonds. The quantitative estimate of drug-likeness (QED) is 0.738. The van der Waals surface area contributed by atoms with E-state index in [4.69, 9.17) is 19.9 Å². The summed E-state index contributed by atoms with van der Waals surface area (Å²) in [5.41, 5.74) is 5.88. The maximum Gasteiger partial charge on any atom is 0.270 e. The molecule has 0 saturated carbocycles. The van der Waals surface area contributed by atoms with Crippen LogP contribution >= 0.6 is 11.3 Å². The fourth-order valence-electron chi connectivity index (χ4n) is 2.04. The molecule has 1 aliphatic rings. The first-order valence-electron chi connectivity index (χ1n) is 7.21. The molecule has 2 heterocycles. The van der Waals surface area contributed by atoms with Crippen LogP contribution in [-0.2, 0) is 6.42 Å². The molecule has 23 heavy (non-hydrogen) atoms. The molecule has 0 aliphatic carbocycles. The molecular weight excluding hydrogens is 318 g/mol. The molecule has 2 aromatic rings. The lowest BCUT2D eigenvalue weighted by Crippen LogP contribution is -2.28. The third-order valence-corrected chi connectivity index (χ3v) is 4.05. The fraction of sp³-hybridized carbons (Fsp3) is 0.333. The molecule has 0 radical (unpaired) electrons. The average molecular weight is 335 g/mol. The summed E-state index contributed by atoms with van der Waals surface area (Å²) < 4.78 is 16.1. The summed E-state index contributed by atoms with van der Waals surface area (Å²) in [7, 11) is 0. The molecule has 1 aromatic heterocycles. The van der Waals surface area contributed by atoms with Crippen molar-refractivity contribution in [2.75, 3.05) is 26.5 Å². The lowest BCUT2D eigenvalue weighted by Gasteiger charge is -2.07. The van der Waals surface area contributed by atoms with Crippen molar-refractivity contribution in [3.8, 4) is 17.2 Å². The topological polar surface area (TPSA) is 95.7 Å². The Morgan fingerprint density at radius 2 is 2.26 bits per heavy atom. The van der Waals surface area contributed by atoms with Crippen LogP contribution in [0.1, 0.15) is 15.5 Å². The molecule has 0 fully saturated rings. The molecule has 8 heteroatoms. The minimum atomic E-state index is -0.209. The molecule has 0 atom stereocenters. The predicted octanol–water partition coefficient (Wildman–Crippen LogP) is 1.18. The summed E-state index contributed by atoms with van der Waals surface area (Å²) >= 11 is 1.44. The van der Waals surface area contributed by atoms with Crippen LogP contribution in [0.15, 0.2) is 23.6 Å². The number of ether oxygens (including phenoxy) is 3. The average Bonchev–Trinajstić information content (AvgIpc) is 3.20. The first-order chi connectivity index (χ1) is 11.3. The monoisotopic (exact) mass is 335 g/mol. The van der Waals surface area contributed by atoms with Crippen molar-refractivity contribution in [1.29, 1.82) is 0 Å². The van der Waals surface area contributed by atoms with Gasteiger partial charge in [0.25, 0.3) is 5.91 Å². The summed E-state index contributed by atoms with van der Waals surface area (Å²) in [5, 5.41) is 5.37. The third kappa shape index (κ3) is 3.91. The second-order valence-electron chi connectivity index (χ2n) is 4.78. The van der Waals surface area contributed by atoms with Crippen LogP contribution < -0.4 is 25.3 Å². The van der Waals surface area contributed by atoms with Gasteiger partial charge in [0.15, 0.2) is 11.5 Å². The number of nitrogens with two attached hydrogens (primary N) is 1. The van der Waals surface area contributed by atoms with Crippen molar-refractivity contribution in [2.24, 2.45) is 5.73 Å². The predicted molar refractivity (Wildman–Crippen MR) is 85.3 cm³/mol. The van der Waals surface area contributed by atoms with Crippen LogP contribution in [0, 0.1) is 0 Å². The lowest BCUT2D eigenvalue weighted by molar-refractivity contribution is 0.0942. The molecular formula is C15H17N3O4S. The number of benzene rings is 1. The van der Waals surface area contributed by atoms with E-state index in [1.807, 2.05) is 0 Å². The normalized spacial score (nSPS) is 12.2. The number of thiazole rings is 1. The third-order valence-electron chi connectivity index (χ3n) is 3.14. The summed E-state index contributed by atoms with van der Waals surface area (Å²) in [6.45, 7) is 1.49.